The van der Waals surface area contributed by atoms with Crippen molar-refractivity contribution in [3.63, 3.8) is 0 Å². The van der Waals surface area contributed by atoms with Crippen LogP contribution in [0.3, 0.4) is 0 Å². The Hall–Kier alpha value is -0.160. The molecular weight excluding hydrogens is 180 g/mol. The highest BCUT2D eigenvalue weighted by Gasteiger charge is 2.21. The molecule has 0 fully saturated rings. The zero-order valence-electron chi connectivity index (χ0n) is 9.75. The van der Waals surface area contributed by atoms with Crippen LogP contribution < -0.4 is 5.32 Å². The van der Waals surface area contributed by atoms with Crippen LogP contribution in [0.15, 0.2) is 0 Å². The summed E-state index contributed by atoms with van der Waals surface area (Å²) in [4.78, 5) is 2.13. The fourth-order valence-electron chi connectivity index (χ4n) is 0.927. The van der Waals surface area contributed by atoms with Gasteiger partial charge in [-0.1, -0.05) is 6.92 Å². The van der Waals surface area contributed by atoms with Crippen LogP contribution in [0.5, 0.6) is 0 Å². The van der Waals surface area contributed by atoms with E-state index in [0.29, 0.717) is 12.6 Å². The van der Waals surface area contributed by atoms with Crippen LogP contribution in [0.4, 0.5) is 0 Å². The third-order valence-corrected chi connectivity index (χ3v) is 2.64. The third kappa shape index (κ3) is 4.91. The average molecular weight is 204 g/mol. The van der Waals surface area contributed by atoms with Gasteiger partial charge in [0.1, 0.15) is 0 Å². The first-order valence-electron chi connectivity index (χ1n) is 5.04. The lowest BCUT2D eigenvalue weighted by Gasteiger charge is -2.27. The Morgan fingerprint density at radius 3 is 2.14 bits per heavy atom. The standard InChI is InChI=1S/C10H24N2O2/c1-9(12(3)4)5-11-6-10(2,7-13)8-14/h9,11,13-14H,5-8H2,1-4H3. The maximum atomic E-state index is 9.05. The van der Waals surface area contributed by atoms with E-state index >= 15 is 0 Å². The van der Waals surface area contributed by atoms with Crippen LogP contribution in [0, 0.1) is 5.41 Å². The molecule has 86 valence electrons. The SMILES string of the molecule is CC(CNCC(C)(CO)CO)N(C)C. The predicted octanol–water partition coefficient (Wildman–Crippen LogP) is -0.483. The van der Waals surface area contributed by atoms with Crippen molar-refractivity contribution in [3.8, 4) is 0 Å². The maximum absolute atomic E-state index is 9.05. The van der Waals surface area contributed by atoms with Crippen molar-refractivity contribution in [2.45, 2.75) is 19.9 Å². The van der Waals surface area contributed by atoms with Gasteiger partial charge in [-0.25, -0.2) is 0 Å². The molecule has 0 heterocycles. The highest BCUT2D eigenvalue weighted by molar-refractivity contribution is 4.76. The minimum atomic E-state index is -0.411. The van der Waals surface area contributed by atoms with E-state index in [1.54, 1.807) is 0 Å². The largest absolute Gasteiger partial charge is 0.396 e. The van der Waals surface area contributed by atoms with Gasteiger partial charge in [-0.15, -0.1) is 0 Å². The maximum Gasteiger partial charge on any atom is 0.0518 e. The van der Waals surface area contributed by atoms with Gasteiger partial charge in [0.15, 0.2) is 0 Å². The molecular formula is C10H24N2O2. The summed E-state index contributed by atoms with van der Waals surface area (Å²) >= 11 is 0. The summed E-state index contributed by atoms with van der Waals surface area (Å²) in [7, 11) is 4.06. The molecule has 0 aromatic carbocycles. The van der Waals surface area contributed by atoms with Gasteiger partial charge in [0.2, 0.25) is 0 Å². The number of aliphatic hydroxyl groups is 2. The molecule has 0 spiro atoms. The molecule has 0 bridgehead atoms. The second-order valence-corrected chi connectivity index (χ2v) is 4.57. The molecule has 0 aromatic rings. The van der Waals surface area contributed by atoms with Gasteiger partial charge in [0, 0.05) is 24.5 Å². The topological polar surface area (TPSA) is 55.7 Å². The summed E-state index contributed by atoms with van der Waals surface area (Å²) in [5.74, 6) is 0. The second-order valence-electron chi connectivity index (χ2n) is 4.57. The number of hydrogen-bond acceptors (Lipinski definition) is 4. The van der Waals surface area contributed by atoms with Gasteiger partial charge in [0.05, 0.1) is 13.2 Å². The van der Waals surface area contributed by atoms with Crippen molar-refractivity contribution in [1.29, 1.82) is 0 Å². The molecule has 0 aliphatic heterocycles. The minimum absolute atomic E-state index is 0.00679. The monoisotopic (exact) mass is 204 g/mol. The average Bonchev–Trinajstić information content (AvgIpc) is 2.17. The van der Waals surface area contributed by atoms with Crippen molar-refractivity contribution in [2.75, 3.05) is 40.4 Å². The molecule has 0 radical (unpaired) electrons. The highest BCUT2D eigenvalue weighted by Crippen LogP contribution is 2.11. The lowest BCUT2D eigenvalue weighted by Crippen LogP contribution is -2.43. The van der Waals surface area contributed by atoms with Crippen molar-refractivity contribution in [2.24, 2.45) is 5.41 Å². The number of hydrogen-bond donors (Lipinski definition) is 3. The summed E-state index contributed by atoms with van der Waals surface area (Å²) in [6, 6.07) is 0.455. The Balaban J connectivity index is 3.72. The number of rotatable bonds is 7. The molecule has 0 amide bonds. The van der Waals surface area contributed by atoms with Crippen molar-refractivity contribution in [1.82, 2.24) is 10.2 Å². The van der Waals surface area contributed by atoms with E-state index in [9.17, 15) is 0 Å². The Morgan fingerprint density at radius 1 is 1.29 bits per heavy atom. The summed E-state index contributed by atoms with van der Waals surface area (Å²) in [5, 5.41) is 21.3. The van der Waals surface area contributed by atoms with Gasteiger partial charge in [-0.3, -0.25) is 0 Å². The Kier molecular flexibility index (Phi) is 6.27. The van der Waals surface area contributed by atoms with E-state index in [-0.39, 0.29) is 13.2 Å². The molecule has 0 aromatic heterocycles. The molecule has 0 aliphatic rings. The van der Waals surface area contributed by atoms with Gasteiger partial charge in [-0.05, 0) is 21.0 Å². The van der Waals surface area contributed by atoms with Crippen molar-refractivity contribution >= 4 is 0 Å². The van der Waals surface area contributed by atoms with Gasteiger partial charge >= 0.3 is 0 Å². The summed E-state index contributed by atoms with van der Waals surface area (Å²) in [6.07, 6.45) is 0. The summed E-state index contributed by atoms with van der Waals surface area (Å²) in [5.41, 5.74) is -0.411. The molecule has 3 N–H and O–H groups in total. The smallest absolute Gasteiger partial charge is 0.0518 e. The fraction of sp³-hybridized carbons (Fsp3) is 1.00. The van der Waals surface area contributed by atoms with Gasteiger partial charge < -0.3 is 20.4 Å². The Bertz CT molecular complexity index is 147. The highest BCUT2D eigenvalue weighted by atomic mass is 16.3. The molecule has 0 aliphatic carbocycles. The van der Waals surface area contributed by atoms with Crippen LogP contribution in [-0.4, -0.2) is 61.6 Å². The van der Waals surface area contributed by atoms with E-state index in [1.807, 2.05) is 21.0 Å². The normalized spacial score (nSPS) is 14.8. The van der Waals surface area contributed by atoms with Crippen LogP contribution in [-0.2, 0) is 0 Å². The Morgan fingerprint density at radius 2 is 1.79 bits per heavy atom. The van der Waals surface area contributed by atoms with E-state index < -0.39 is 5.41 Å². The zero-order chi connectivity index (χ0) is 11.2. The van der Waals surface area contributed by atoms with Gasteiger partial charge in [0.25, 0.3) is 0 Å². The quantitative estimate of drug-likeness (QED) is 0.524. The summed E-state index contributed by atoms with van der Waals surface area (Å²) < 4.78 is 0. The van der Waals surface area contributed by atoms with Crippen molar-refractivity contribution in [3.05, 3.63) is 0 Å². The third-order valence-electron chi connectivity index (χ3n) is 2.64. The predicted molar refractivity (Wildman–Crippen MR) is 58.3 cm³/mol. The van der Waals surface area contributed by atoms with E-state index in [0.717, 1.165) is 6.54 Å². The molecule has 1 unspecified atom stereocenters. The molecule has 1 atom stereocenters. The molecule has 4 heteroatoms. The van der Waals surface area contributed by atoms with E-state index in [4.69, 9.17) is 10.2 Å². The van der Waals surface area contributed by atoms with Crippen LogP contribution in [0.2, 0.25) is 0 Å². The van der Waals surface area contributed by atoms with E-state index in [1.165, 1.54) is 0 Å². The number of nitrogens with zero attached hydrogens (tertiary/aromatic N) is 1. The van der Waals surface area contributed by atoms with Crippen molar-refractivity contribution < 1.29 is 10.2 Å². The van der Waals surface area contributed by atoms with E-state index in [2.05, 4.69) is 17.1 Å². The summed E-state index contributed by atoms with van der Waals surface area (Å²) in [6.45, 7) is 5.50. The number of aliphatic hydroxyl groups excluding tert-OH is 2. The van der Waals surface area contributed by atoms with Crippen LogP contribution in [0.1, 0.15) is 13.8 Å². The lowest BCUT2D eigenvalue weighted by atomic mass is 9.93. The molecule has 0 rings (SSSR count). The zero-order valence-corrected chi connectivity index (χ0v) is 9.75. The number of likely N-dealkylation sites (N-methyl/N-ethyl adjacent to an activating group) is 1. The first kappa shape index (κ1) is 13.8. The molecule has 14 heavy (non-hydrogen) atoms. The van der Waals surface area contributed by atoms with Crippen LogP contribution >= 0.6 is 0 Å². The number of nitrogens with one attached hydrogen (secondary N) is 1. The molecule has 0 saturated heterocycles. The lowest BCUT2D eigenvalue weighted by molar-refractivity contribution is 0.0686. The molecule has 0 saturated carbocycles. The fourth-order valence-corrected chi connectivity index (χ4v) is 0.927. The van der Waals surface area contributed by atoms with Gasteiger partial charge in [-0.2, -0.15) is 0 Å². The second kappa shape index (κ2) is 6.35. The first-order chi connectivity index (χ1) is 6.45. The van der Waals surface area contributed by atoms with Crippen LogP contribution in [0.25, 0.3) is 0 Å². The first-order valence-corrected chi connectivity index (χ1v) is 5.04. The minimum Gasteiger partial charge on any atom is -0.396 e. The molecule has 4 nitrogen and oxygen atoms in total. The Labute approximate surface area is 86.9 Å².